The number of benzene rings is 2. The highest BCUT2D eigenvalue weighted by molar-refractivity contribution is 6.13. The summed E-state index contributed by atoms with van der Waals surface area (Å²) >= 11 is 0. The molecule has 0 atom stereocenters. The van der Waals surface area contributed by atoms with E-state index < -0.39 is 29.1 Å². The molecule has 0 spiro atoms. The third kappa shape index (κ3) is 5.85. The van der Waals surface area contributed by atoms with E-state index in [-0.39, 0.29) is 6.42 Å². The molecule has 6 heteroatoms. The highest BCUT2D eigenvalue weighted by Gasteiger charge is 2.20. The number of ketones is 2. The molecule has 0 aliphatic carbocycles. The van der Waals surface area contributed by atoms with Crippen LogP contribution in [0.15, 0.2) is 48.6 Å². The zero-order valence-electron chi connectivity index (χ0n) is 16.4. The van der Waals surface area contributed by atoms with E-state index in [0.29, 0.717) is 22.6 Å². The maximum atomic E-state index is 13.4. The van der Waals surface area contributed by atoms with Gasteiger partial charge in [0.05, 0.1) is 20.1 Å². The van der Waals surface area contributed by atoms with Gasteiger partial charge in [0.1, 0.15) is 23.1 Å². The lowest BCUT2D eigenvalue weighted by atomic mass is 9.94. The van der Waals surface area contributed by atoms with Gasteiger partial charge in [0.2, 0.25) is 0 Å². The molecule has 152 valence electrons. The first-order chi connectivity index (χ1) is 13.9. The van der Waals surface area contributed by atoms with Crippen molar-refractivity contribution in [3.05, 3.63) is 71.3 Å². The van der Waals surface area contributed by atoms with Crippen molar-refractivity contribution in [1.29, 1.82) is 0 Å². The Kier molecular flexibility index (Phi) is 7.83. The van der Waals surface area contributed by atoms with Crippen LogP contribution in [0.5, 0.6) is 11.5 Å². The summed E-state index contributed by atoms with van der Waals surface area (Å²) in [5, 5.41) is 0. The average molecular weight is 400 g/mol. The average Bonchev–Trinajstić information content (AvgIpc) is 2.71. The van der Waals surface area contributed by atoms with Crippen molar-refractivity contribution in [2.24, 2.45) is 5.92 Å². The summed E-state index contributed by atoms with van der Waals surface area (Å²) in [6.07, 6.45) is 5.59. The lowest BCUT2D eigenvalue weighted by Crippen LogP contribution is -2.20. The Labute approximate surface area is 168 Å². The predicted molar refractivity (Wildman–Crippen MR) is 108 cm³/mol. The van der Waals surface area contributed by atoms with Gasteiger partial charge in [-0.2, -0.15) is 0 Å². The van der Waals surface area contributed by atoms with Gasteiger partial charge in [-0.05, 0) is 67.1 Å². The molecule has 0 aliphatic heterocycles. The van der Waals surface area contributed by atoms with E-state index in [4.69, 9.17) is 9.47 Å². The minimum Gasteiger partial charge on any atom is -0.496 e. The van der Waals surface area contributed by atoms with E-state index in [1.807, 2.05) is 0 Å². The Balaban J connectivity index is 2.18. The van der Waals surface area contributed by atoms with E-state index in [1.165, 1.54) is 74.9 Å². The van der Waals surface area contributed by atoms with Gasteiger partial charge in [-0.25, -0.2) is 8.78 Å². The molecule has 0 N–H and O–H groups in total. The summed E-state index contributed by atoms with van der Waals surface area (Å²) in [5.41, 5.74) is 0.784. The monoisotopic (exact) mass is 400 g/mol. The largest absolute Gasteiger partial charge is 0.496 e. The maximum absolute atomic E-state index is 13.4. The van der Waals surface area contributed by atoms with Crippen molar-refractivity contribution in [2.45, 2.75) is 13.3 Å². The smallest absolute Gasteiger partial charge is 0.166 e. The summed E-state index contributed by atoms with van der Waals surface area (Å²) < 4.78 is 37.1. The normalized spacial score (nSPS) is 11.4. The van der Waals surface area contributed by atoms with Crippen LogP contribution in [0.25, 0.3) is 12.2 Å². The van der Waals surface area contributed by atoms with Crippen LogP contribution in [0.3, 0.4) is 0 Å². The first-order valence-electron chi connectivity index (χ1n) is 9.00. The Morgan fingerprint density at radius 1 is 0.862 bits per heavy atom. The number of carbonyl (C=O) groups excluding carboxylic acids is 2. The lowest BCUT2D eigenvalue weighted by molar-refractivity contribution is -0.127. The Hall–Kier alpha value is -3.28. The van der Waals surface area contributed by atoms with Gasteiger partial charge in [-0.15, -0.1) is 0 Å². The number of carbonyl (C=O) groups is 2. The molecule has 0 fully saturated rings. The molecular weight excluding hydrogens is 378 g/mol. The number of hydrogen-bond donors (Lipinski definition) is 0. The first-order valence-corrected chi connectivity index (χ1v) is 9.00. The van der Waals surface area contributed by atoms with Gasteiger partial charge >= 0.3 is 0 Å². The fraction of sp³-hybridized carbons (Fsp3) is 0.217. The quantitative estimate of drug-likeness (QED) is 0.445. The number of rotatable bonds is 9. The van der Waals surface area contributed by atoms with Crippen molar-refractivity contribution in [1.82, 2.24) is 0 Å². The summed E-state index contributed by atoms with van der Waals surface area (Å²) in [5.74, 6) is -1.84. The highest BCUT2D eigenvalue weighted by Crippen LogP contribution is 2.23. The standard InChI is InChI=1S/C23H22F2O4/c1-4-19(20(26)9-5-15-13-17(24)7-11-22(15)28-2)21(27)10-6-16-14-18(25)8-12-23(16)29-3/h5-14,19H,4H2,1-3H3/b9-5+,10-6+. The molecule has 2 aromatic rings. The van der Waals surface area contributed by atoms with Crippen molar-refractivity contribution < 1.29 is 27.8 Å². The molecule has 0 heterocycles. The number of ether oxygens (including phenoxy) is 2. The fourth-order valence-corrected chi connectivity index (χ4v) is 2.79. The molecule has 0 unspecified atom stereocenters. The van der Waals surface area contributed by atoms with Crippen molar-refractivity contribution >= 4 is 23.7 Å². The van der Waals surface area contributed by atoms with Gasteiger partial charge in [-0.1, -0.05) is 6.92 Å². The van der Waals surface area contributed by atoms with Crippen molar-refractivity contribution in [2.75, 3.05) is 14.2 Å². The molecule has 0 saturated heterocycles. The highest BCUT2D eigenvalue weighted by atomic mass is 19.1. The summed E-state index contributed by atoms with van der Waals surface area (Å²) in [7, 11) is 2.88. The van der Waals surface area contributed by atoms with Crippen LogP contribution in [-0.4, -0.2) is 25.8 Å². The molecule has 0 aliphatic rings. The Morgan fingerprint density at radius 2 is 1.28 bits per heavy atom. The number of hydrogen-bond acceptors (Lipinski definition) is 4. The second kappa shape index (κ2) is 10.3. The summed E-state index contributed by atoms with van der Waals surface area (Å²) in [6.45, 7) is 1.72. The molecule has 0 saturated carbocycles. The molecule has 0 amide bonds. The third-order valence-corrected chi connectivity index (χ3v) is 4.33. The van der Waals surface area contributed by atoms with Crippen molar-refractivity contribution in [3.63, 3.8) is 0 Å². The molecule has 0 aromatic heterocycles. The number of allylic oxidation sites excluding steroid dienone is 2. The van der Waals surface area contributed by atoms with Gasteiger partial charge in [-0.3, -0.25) is 9.59 Å². The fourth-order valence-electron chi connectivity index (χ4n) is 2.79. The molecule has 4 nitrogen and oxygen atoms in total. The molecule has 2 rings (SSSR count). The van der Waals surface area contributed by atoms with Crippen LogP contribution < -0.4 is 9.47 Å². The summed E-state index contributed by atoms with van der Waals surface area (Å²) in [4.78, 5) is 25.0. The van der Waals surface area contributed by atoms with E-state index >= 15 is 0 Å². The zero-order chi connectivity index (χ0) is 21.4. The number of halogens is 2. The van der Waals surface area contributed by atoms with Gasteiger partial charge < -0.3 is 9.47 Å². The zero-order valence-corrected chi connectivity index (χ0v) is 16.4. The predicted octanol–water partition coefficient (Wildman–Crippen LogP) is 4.87. The number of methoxy groups -OCH3 is 2. The van der Waals surface area contributed by atoms with Crippen LogP contribution in [0.4, 0.5) is 8.78 Å². The van der Waals surface area contributed by atoms with Crippen LogP contribution in [0.2, 0.25) is 0 Å². The van der Waals surface area contributed by atoms with Crippen LogP contribution in [-0.2, 0) is 9.59 Å². The molecule has 29 heavy (non-hydrogen) atoms. The lowest BCUT2D eigenvalue weighted by Gasteiger charge is -2.09. The topological polar surface area (TPSA) is 52.6 Å². The van der Waals surface area contributed by atoms with E-state index in [0.717, 1.165) is 0 Å². The minimum atomic E-state index is -0.901. The minimum absolute atomic E-state index is 0.285. The van der Waals surface area contributed by atoms with Crippen LogP contribution in [0, 0.1) is 17.6 Å². The third-order valence-electron chi connectivity index (χ3n) is 4.33. The van der Waals surface area contributed by atoms with E-state index in [2.05, 4.69) is 0 Å². The Morgan fingerprint density at radius 3 is 1.62 bits per heavy atom. The summed E-state index contributed by atoms with van der Waals surface area (Å²) in [6, 6.07) is 7.89. The van der Waals surface area contributed by atoms with Gasteiger partial charge in [0.25, 0.3) is 0 Å². The second-order valence-corrected chi connectivity index (χ2v) is 6.20. The molecule has 0 radical (unpaired) electrons. The molecule has 0 bridgehead atoms. The van der Waals surface area contributed by atoms with E-state index in [1.54, 1.807) is 6.92 Å². The van der Waals surface area contributed by atoms with Gasteiger partial charge in [0, 0.05) is 11.1 Å². The maximum Gasteiger partial charge on any atom is 0.166 e. The SMILES string of the molecule is CCC(C(=O)/C=C/c1cc(F)ccc1OC)C(=O)/C=C/c1cc(F)ccc1OC. The van der Waals surface area contributed by atoms with Crippen molar-refractivity contribution in [3.8, 4) is 11.5 Å². The molecular formula is C23H22F2O4. The first kappa shape index (κ1) is 22.0. The van der Waals surface area contributed by atoms with Gasteiger partial charge in [0.15, 0.2) is 11.6 Å². The van der Waals surface area contributed by atoms with E-state index in [9.17, 15) is 18.4 Å². The van der Waals surface area contributed by atoms with Crippen LogP contribution in [0.1, 0.15) is 24.5 Å². The molecule has 2 aromatic carbocycles. The van der Waals surface area contributed by atoms with Crippen LogP contribution >= 0.6 is 0 Å². The second-order valence-electron chi connectivity index (χ2n) is 6.20. The Bertz CT molecular complexity index is 872.